The monoisotopic (exact) mass is 396 g/mol. The zero-order chi connectivity index (χ0) is 21.3. The van der Waals surface area contributed by atoms with Crippen molar-refractivity contribution in [3.05, 3.63) is 53.1 Å². The standard InChI is InChI=1S/C22H24N2O5/c1-13(25)11-17(14-9-10-18(28-4)19(12-14)29-5)24-21(26)15-7-6-8-16(23(2)3)20(15)22(24)27/h6-10,12,17H,11H2,1-5H3. The van der Waals surface area contributed by atoms with Crippen LogP contribution < -0.4 is 14.4 Å². The Labute approximate surface area is 169 Å². The normalized spacial score (nSPS) is 13.9. The van der Waals surface area contributed by atoms with Gasteiger partial charge in [-0.1, -0.05) is 12.1 Å². The number of hydrogen-bond donors (Lipinski definition) is 0. The van der Waals surface area contributed by atoms with Crippen LogP contribution in [0.1, 0.15) is 45.7 Å². The van der Waals surface area contributed by atoms with E-state index in [2.05, 4.69) is 0 Å². The fourth-order valence-corrected chi connectivity index (χ4v) is 3.63. The molecule has 2 aromatic carbocycles. The number of benzene rings is 2. The fourth-order valence-electron chi connectivity index (χ4n) is 3.63. The minimum absolute atomic E-state index is 0.0122. The number of rotatable bonds is 7. The third-order valence-electron chi connectivity index (χ3n) is 4.99. The molecule has 0 spiro atoms. The van der Waals surface area contributed by atoms with Crippen LogP contribution in [0.2, 0.25) is 0 Å². The van der Waals surface area contributed by atoms with Gasteiger partial charge in [0.2, 0.25) is 0 Å². The molecular formula is C22H24N2O5. The van der Waals surface area contributed by atoms with Crippen LogP contribution in [0.5, 0.6) is 11.5 Å². The van der Waals surface area contributed by atoms with Crippen LogP contribution in [0.4, 0.5) is 5.69 Å². The van der Waals surface area contributed by atoms with Crippen molar-refractivity contribution in [3.63, 3.8) is 0 Å². The highest BCUT2D eigenvalue weighted by molar-refractivity contribution is 6.24. The van der Waals surface area contributed by atoms with Crippen LogP contribution in [-0.4, -0.2) is 50.8 Å². The number of carbonyl (C=O) groups is 3. The van der Waals surface area contributed by atoms with Crippen molar-refractivity contribution in [1.29, 1.82) is 0 Å². The highest BCUT2D eigenvalue weighted by atomic mass is 16.5. The second-order valence-electron chi connectivity index (χ2n) is 7.11. The number of amides is 2. The molecule has 7 heteroatoms. The van der Waals surface area contributed by atoms with Crippen LogP contribution in [0.15, 0.2) is 36.4 Å². The van der Waals surface area contributed by atoms with Gasteiger partial charge in [0, 0.05) is 26.2 Å². The Hall–Kier alpha value is -3.35. The van der Waals surface area contributed by atoms with Crippen molar-refractivity contribution in [2.24, 2.45) is 0 Å². The van der Waals surface area contributed by atoms with Gasteiger partial charge in [0.05, 0.1) is 31.4 Å². The lowest BCUT2D eigenvalue weighted by molar-refractivity contribution is -0.117. The van der Waals surface area contributed by atoms with Gasteiger partial charge in [-0.2, -0.15) is 0 Å². The molecular weight excluding hydrogens is 372 g/mol. The average molecular weight is 396 g/mol. The van der Waals surface area contributed by atoms with Gasteiger partial charge in [0.15, 0.2) is 11.5 Å². The molecule has 2 aromatic rings. The predicted molar refractivity (Wildman–Crippen MR) is 109 cm³/mol. The molecule has 0 N–H and O–H groups in total. The molecule has 1 atom stereocenters. The quantitative estimate of drug-likeness (QED) is 0.670. The minimum Gasteiger partial charge on any atom is -0.493 e. The summed E-state index contributed by atoms with van der Waals surface area (Å²) in [5.41, 5.74) is 1.99. The molecule has 1 aliphatic heterocycles. The SMILES string of the molecule is COc1ccc(C(CC(C)=O)N2C(=O)c3cccc(N(C)C)c3C2=O)cc1OC. The molecule has 29 heavy (non-hydrogen) atoms. The number of imide groups is 1. The lowest BCUT2D eigenvalue weighted by Gasteiger charge is -2.26. The van der Waals surface area contributed by atoms with Gasteiger partial charge in [0.1, 0.15) is 5.78 Å². The van der Waals surface area contributed by atoms with Crippen LogP contribution >= 0.6 is 0 Å². The van der Waals surface area contributed by atoms with Crippen LogP contribution in [0.3, 0.4) is 0 Å². The van der Waals surface area contributed by atoms with Crippen molar-refractivity contribution in [1.82, 2.24) is 4.90 Å². The average Bonchev–Trinajstić information content (AvgIpc) is 2.96. The zero-order valence-corrected chi connectivity index (χ0v) is 17.2. The van der Waals surface area contributed by atoms with Crippen molar-refractivity contribution in [3.8, 4) is 11.5 Å². The Morgan fingerprint density at radius 1 is 1.03 bits per heavy atom. The number of carbonyl (C=O) groups excluding carboxylic acids is 3. The first-order valence-electron chi connectivity index (χ1n) is 9.19. The molecule has 0 bridgehead atoms. The van der Waals surface area contributed by atoms with Gasteiger partial charge >= 0.3 is 0 Å². The van der Waals surface area contributed by atoms with Crippen LogP contribution in [0, 0.1) is 0 Å². The summed E-state index contributed by atoms with van der Waals surface area (Å²) in [6.45, 7) is 1.44. The summed E-state index contributed by atoms with van der Waals surface area (Å²) in [7, 11) is 6.67. The third-order valence-corrected chi connectivity index (χ3v) is 4.99. The Morgan fingerprint density at radius 3 is 2.31 bits per heavy atom. The van der Waals surface area contributed by atoms with E-state index in [1.165, 1.54) is 26.0 Å². The minimum atomic E-state index is -0.741. The lowest BCUT2D eigenvalue weighted by Crippen LogP contribution is -2.35. The van der Waals surface area contributed by atoms with Crippen molar-refractivity contribution < 1.29 is 23.9 Å². The van der Waals surface area contributed by atoms with Crippen molar-refractivity contribution in [2.75, 3.05) is 33.2 Å². The number of fused-ring (bicyclic) bond motifs is 1. The van der Waals surface area contributed by atoms with Crippen LogP contribution in [0.25, 0.3) is 0 Å². The maximum Gasteiger partial charge on any atom is 0.264 e. The molecule has 0 aromatic heterocycles. The van der Waals surface area contributed by atoms with E-state index in [0.29, 0.717) is 33.9 Å². The fraction of sp³-hybridized carbons (Fsp3) is 0.318. The van der Waals surface area contributed by atoms with Gasteiger partial charge < -0.3 is 14.4 Å². The third kappa shape index (κ3) is 3.55. The maximum atomic E-state index is 13.3. The first-order valence-corrected chi connectivity index (χ1v) is 9.19. The van der Waals surface area contributed by atoms with E-state index in [-0.39, 0.29) is 12.2 Å². The first kappa shape index (κ1) is 20.4. The van der Waals surface area contributed by atoms with E-state index >= 15 is 0 Å². The van der Waals surface area contributed by atoms with E-state index in [0.717, 1.165) is 0 Å². The van der Waals surface area contributed by atoms with Crippen molar-refractivity contribution >= 4 is 23.3 Å². The number of nitrogens with zero attached hydrogens (tertiary/aromatic N) is 2. The summed E-state index contributed by atoms with van der Waals surface area (Å²) in [6.07, 6.45) is 0.0122. The molecule has 0 fully saturated rings. The van der Waals surface area contributed by atoms with Gasteiger partial charge in [-0.25, -0.2) is 0 Å². The molecule has 0 aliphatic carbocycles. The maximum absolute atomic E-state index is 13.3. The summed E-state index contributed by atoms with van der Waals surface area (Å²) >= 11 is 0. The molecule has 3 rings (SSSR count). The molecule has 0 saturated carbocycles. The zero-order valence-electron chi connectivity index (χ0n) is 17.2. The van der Waals surface area contributed by atoms with E-state index in [1.54, 1.807) is 41.3 Å². The summed E-state index contributed by atoms with van der Waals surface area (Å²) in [6, 6.07) is 9.58. The van der Waals surface area contributed by atoms with Gasteiger partial charge in [0.25, 0.3) is 11.8 Å². The summed E-state index contributed by atoms with van der Waals surface area (Å²) in [5, 5.41) is 0. The van der Waals surface area contributed by atoms with Gasteiger partial charge in [-0.15, -0.1) is 0 Å². The largest absolute Gasteiger partial charge is 0.493 e. The topological polar surface area (TPSA) is 76.2 Å². The van der Waals surface area contributed by atoms with E-state index in [9.17, 15) is 14.4 Å². The second-order valence-corrected chi connectivity index (χ2v) is 7.11. The number of methoxy groups -OCH3 is 2. The lowest BCUT2D eigenvalue weighted by atomic mass is 9.99. The van der Waals surface area contributed by atoms with Crippen LogP contribution in [-0.2, 0) is 4.79 Å². The summed E-state index contributed by atoms with van der Waals surface area (Å²) in [4.78, 5) is 41.5. The molecule has 2 amide bonds. The van der Waals surface area contributed by atoms with Crippen molar-refractivity contribution in [2.45, 2.75) is 19.4 Å². The molecule has 1 unspecified atom stereocenters. The smallest absolute Gasteiger partial charge is 0.264 e. The van der Waals surface area contributed by atoms with Gasteiger partial charge in [-0.3, -0.25) is 19.3 Å². The molecule has 0 radical (unpaired) electrons. The second kappa shape index (κ2) is 7.95. The summed E-state index contributed by atoms with van der Waals surface area (Å²) < 4.78 is 10.6. The van der Waals surface area contributed by atoms with Gasteiger partial charge in [-0.05, 0) is 36.8 Å². The molecule has 1 aliphatic rings. The summed E-state index contributed by atoms with van der Waals surface area (Å²) in [5.74, 6) is 0.0402. The number of hydrogen-bond acceptors (Lipinski definition) is 6. The predicted octanol–water partition coefficient (Wildman–Crippen LogP) is 3.09. The number of ether oxygens (including phenoxy) is 2. The molecule has 152 valence electrons. The highest BCUT2D eigenvalue weighted by Crippen LogP contribution is 2.39. The Morgan fingerprint density at radius 2 is 1.72 bits per heavy atom. The Balaban J connectivity index is 2.11. The van der Waals surface area contributed by atoms with E-state index in [4.69, 9.17) is 9.47 Å². The van der Waals surface area contributed by atoms with E-state index < -0.39 is 17.9 Å². The Kier molecular flexibility index (Phi) is 5.59. The highest BCUT2D eigenvalue weighted by Gasteiger charge is 2.42. The number of anilines is 1. The Bertz CT molecular complexity index is 983. The van der Waals surface area contributed by atoms with E-state index in [1.807, 2.05) is 14.1 Å². The molecule has 1 heterocycles. The molecule has 0 saturated heterocycles. The molecule has 7 nitrogen and oxygen atoms in total. The number of Topliss-reactive ketones (excluding diaryl/α,β-unsaturated/α-hetero) is 1. The number of ketones is 1. The first-order chi connectivity index (χ1) is 13.8.